The van der Waals surface area contributed by atoms with Crippen molar-refractivity contribution in [2.45, 2.75) is 50.5 Å². The summed E-state index contributed by atoms with van der Waals surface area (Å²) in [5, 5.41) is 10.6. The Labute approximate surface area is 209 Å². The van der Waals surface area contributed by atoms with Gasteiger partial charge >= 0.3 is 0 Å². The van der Waals surface area contributed by atoms with E-state index in [1.54, 1.807) is 14.2 Å². The number of rotatable bonds is 9. The molecule has 0 spiro atoms. The van der Waals surface area contributed by atoms with E-state index in [1.807, 2.05) is 42.5 Å². The van der Waals surface area contributed by atoms with Crippen molar-refractivity contribution in [1.82, 2.24) is 4.90 Å². The SMILES string of the molecule is COc1ccc(C(OC[C@]2(C)C[C@@H](O)CN2C(C)C)(c2ccccc2)c2ccc(OC)cc2)cc1. The largest absolute Gasteiger partial charge is 0.497 e. The van der Waals surface area contributed by atoms with Gasteiger partial charge < -0.3 is 19.3 Å². The van der Waals surface area contributed by atoms with Crippen LogP contribution >= 0.6 is 0 Å². The molecular formula is C30H37NO4. The van der Waals surface area contributed by atoms with Crippen LogP contribution in [0.1, 0.15) is 43.9 Å². The van der Waals surface area contributed by atoms with Gasteiger partial charge in [0.25, 0.3) is 0 Å². The molecule has 4 rings (SSSR count). The number of hydrogen-bond donors (Lipinski definition) is 1. The number of hydrogen-bond acceptors (Lipinski definition) is 5. The first-order chi connectivity index (χ1) is 16.8. The first-order valence-electron chi connectivity index (χ1n) is 12.3. The first-order valence-corrected chi connectivity index (χ1v) is 12.3. The number of ether oxygens (including phenoxy) is 3. The molecule has 0 aromatic heterocycles. The fourth-order valence-corrected chi connectivity index (χ4v) is 5.45. The second-order valence-corrected chi connectivity index (χ2v) is 9.89. The molecule has 3 aromatic carbocycles. The maximum atomic E-state index is 10.6. The van der Waals surface area contributed by atoms with E-state index < -0.39 is 5.60 Å². The number of aliphatic hydroxyl groups excluding tert-OH is 1. The number of benzene rings is 3. The van der Waals surface area contributed by atoms with Crippen molar-refractivity contribution in [3.05, 3.63) is 95.6 Å². The summed E-state index contributed by atoms with van der Waals surface area (Å²) in [6.45, 7) is 7.65. The molecule has 1 saturated heterocycles. The molecule has 2 atom stereocenters. The van der Waals surface area contributed by atoms with Crippen LogP contribution in [0.25, 0.3) is 0 Å². The molecule has 0 amide bonds. The Morgan fingerprint density at radius 2 is 1.34 bits per heavy atom. The van der Waals surface area contributed by atoms with Crippen LogP contribution in [0.5, 0.6) is 11.5 Å². The van der Waals surface area contributed by atoms with E-state index in [1.165, 1.54) is 0 Å². The molecule has 5 heteroatoms. The van der Waals surface area contributed by atoms with E-state index in [2.05, 4.69) is 62.1 Å². The number of likely N-dealkylation sites (tertiary alicyclic amines) is 1. The third kappa shape index (κ3) is 4.94. The number of nitrogens with zero attached hydrogens (tertiary/aromatic N) is 1. The van der Waals surface area contributed by atoms with Crippen LogP contribution in [0.3, 0.4) is 0 Å². The summed E-state index contributed by atoms with van der Waals surface area (Å²) >= 11 is 0. The summed E-state index contributed by atoms with van der Waals surface area (Å²) in [6, 6.07) is 26.8. The minimum atomic E-state index is -0.862. The minimum Gasteiger partial charge on any atom is -0.497 e. The van der Waals surface area contributed by atoms with Gasteiger partial charge in [0.2, 0.25) is 0 Å². The highest BCUT2D eigenvalue weighted by Crippen LogP contribution is 2.43. The lowest BCUT2D eigenvalue weighted by atomic mass is 9.79. The number of β-amino-alcohol motifs (C(OH)–C–C–N with tert-alkyl or cyclic N) is 1. The summed E-state index contributed by atoms with van der Waals surface area (Å²) in [4.78, 5) is 2.36. The van der Waals surface area contributed by atoms with E-state index >= 15 is 0 Å². The van der Waals surface area contributed by atoms with Crippen molar-refractivity contribution in [2.75, 3.05) is 27.4 Å². The summed E-state index contributed by atoms with van der Waals surface area (Å²) in [5.41, 5.74) is 1.89. The van der Waals surface area contributed by atoms with Gasteiger partial charge in [-0.05, 0) is 68.1 Å². The number of aliphatic hydroxyl groups is 1. The summed E-state index contributed by atoms with van der Waals surface area (Å²) in [7, 11) is 3.35. The van der Waals surface area contributed by atoms with Gasteiger partial charge in [0.1, 0.15) is 17.1 Å². The van der Waals surface area contributed by atoms with Crippen molar-refractivity contribution < 1.29 is 19.3 Å². The molecular weight excluding hydrogens is 438 g/mol. The van der Waals surface area contributed by atoms with Gasteiger partial charge in [0, 0.05) is 18.1 Å². The molecule has 35 heavy (non-hydrogen) atoms. The second kappa shape index (κ2) is 10.4. The van der Waals surface area contributed by atoms with Gasteiger partial charge in [-0.1, -0.05) is 54.6 Å². The Bertz CT molecular complexity index is 1030. The van der Waals surface area contributed by atoms with Crippen LogP contribution in [0.2, 0.25) is 0 Å². The molecule has 0 saturated carbocycles. The molecule has 5 nitrogen and oxygen atoms in total. The van der Waals surface area contributed by atoms with Gasteiger partial charge in [-0.2, -0.15) is 0 Å². The highest BCUT2D eigenvalue weighted by atomic mass is 16.5. The zero-order valence-electron chi connectivity index (χ0n) is 21.4. The Morgan fingerprint density at radius 3 is 1.80 bits per heavy atom. The number of methoxy groups -OCH3 is 2. The third-order valence-corrected chi connectivity index (χ3v) is 7.17. The van der Waals surface area contributed by atoms with E-state index in [0.717, 1.165) is 28.2 Å². The van der Waals surface area contributed by atoms with Crippen molar-refractivity contribution in [3.63, 3.8) is 0 Å². The molecule has 0 bridgehead atoms. The fourth-order valence-electron chi connectivity index (χ4n) is 5.45. The van der Waals surface area contributed by atoms with Crippen molar-refractivity contribution in [3.8, 4) is 11.5 Å². The van der Waals surface area contributed by atoms with E-state index in [-0.39, 0.29) is 11.6 Å². The lowest BCUT2D eigenvalue weighted by Crippen LogP contribution is -2.50. The van der Waals surface area contributed by atoms with Crippen LogP contribution in [0, 0.1) is 0 Å². The maximum absolute atomic E-state index is 10.6. The van der Waals surface area contributed by atoms with Crippen LogP contribution in [0.4, 0.5) is 0 Å². The van der Waals surface area contributed by atoms with Gasteiger partial charge in [0.05, 0.1) is 26.9 Å². The molecule has 1 aliphatic heterocycles. The van der Waals surface area contributed by atoms with E-state index in [4.69, 9.17) is 14.2 Å². The monoisotopic (exact) mass is 475 g/mol. The van der Waals surface area contributed by atoms with Crippen molar-refractivity contribution in [2.24, 2.45) is 0 Å². The van der Waals surface area contributed by atoms with Crippen LogP contribution in [0.15, 0.2) is 78.9 Å². The van der Waals surface area contributed by atoms with Gasteiger partial charge in [-0.3, -0.25) is 4.90 Å². The summed E-state index contributed by atoms with van der Waals surface area (Å²) < 4.78 is 18.0. The predicted octanol–water partition coefficient (Wildman–Crippen LogP) is 5.25. The van der Waals surface area contributed by atoms with Crippen LogP contribution in [-0.2, 0) is 10.3 Å². The Hall–Kier alpha value is -2.86. The Morgan fingerprint density at radius 1 is 0.857 bits per heavy atom. The average Bonchev–Trinajstić information content (AvgIpc) is 3.20. The van der Waals surface area contributed by atoms with Crippen molar-refractivity contribution >= 4 is 0 Å². The van der Waals surface area contributed by atoms with Gasteiger partial charge in [-0.25, -0.2) is 0 Å². The highest BCUT2D eigenvalue weighted by molar-refractivity contribution is 5.49. The Kier molecular flexibility index (Phi) is 7.50. The quantitative estimate of drug-likeness (QED) is 0.429. The molecule has 0 aliphatic carbocycles. The molecule has 0 radical (unpaired) electrons. The molecule has 1 aliphatic rings. The lowest BCUT2D eigenvalue weighted by molar-refractivity contribution is -0.0532. The summed E-state index contributed by atoms with van der Waals surface area (Å²) in [6.07, 6.45) is 0.306. The molecule has 3 aromatic rings. The van der Waals surface area contributed by atoms with Gasteiger partial charge in [0.15, 0.2) is 0 Å². The lowest BCUT2D eigenvalue weighted by Gasteiger charge is -2.42. The van der Waals surface area contributed by atoms with Crippen LogP contribution < -0.4 is 9.47 Å². The summed E-state index contributed by atoms with van der Waals surface area (Å²) in [5.74, 6) is 1.59. The standard InChI is InChI=1S/C30H37NO4/c1-22(2)31-20-26(32)19-29(31,3)21-35-30(23-9-7-6-8-10-23,24-11-15-27(33-4)16-12-24)25-13-17-28(34-5)18-14-25/h6-18,22,26,32H,19-21H2,1-5H3/t26-,29+/m1/s1. The Balaban J connectivity index is 1.86. The van der Waals surface area contributed by atoms with Crippen LogP contribution in [-0.4, -0.2) is 55.1 Å². The topological polar surface area (TPSA) is 51.2 Å². The second-order valence-electron chi connectivity index (χ2n) is 9.89. The maximum Gasteiger partial charge on any atom is 0.143 e. The highest BCUT2D eigenvalue weighted by Gasteiger charge is 2.46. The van der Waals surface area contributed by atoms with Crippen molar-refractivity contribution in [1.29, 1.82) is 0 Å². The van der Waals surface area contributed by atoms with Gasteiger partial charge in [-0.15, -0.1) is 0 Å². The molecule has 0 unspecified atom stereocenters. The zero-order valence-corrected chi connectivity index (χ0v) is 21.4. The fraction of sp³-hybridized carbons (Fsp3) is 0.400. The third-order valence-electron chi connectivity index (χ3n) is 7.17. The zero-order chi connectivity index (χ0) is 25.1. The first kappa shape index (κ1) is 25.2. The molecule has 186 valence electrons. The molecule has 1 heterocycles. The average molecular weight is 476 g/mol. The normalized spacial score (nSPS) is 20.8. The van der Waals surface area contributed by atoms with E-state index in [0.29, 0.717) is 25.6 Å². The smallest absolute Gasteiger partial charge is 0.143 e. The predicted molar refractivity (Wildman–Crippen MR) is 139 cm³/mol. The minimum absolute atomic E-state index is 0.299. The van der Waals surface area contributed by atoms with E-state index in [9.17, 15) is 5.11 Å². The molecule has 1 N–H and O–H groups in total. The molecule has 1 fully saturated rings.